The van der Waals surface area contributed by atoms with Gasteiger partial charge in [0.1, 0.15) is 5.56 Å². The molecular weight excluding hydrogens is 302 g/mol. The highest BCUT2D eigenvalue weighted by atomic mass is 16.4. The third kappa shape index (κ3) is 4.75. The van der Waals surface area contributed by atoms with Crippen LogP contribution in [0.3, 0.4) is 0 Å². The number of anilines is 1. The van der Waals surface area contributed by atoms with Gasteiger partial charge < -0.3 is 15.5 Å². The summed E-state index contributed by atoms with van der Waals surface area (Å²) in [6, 6.07) is 13.2. The Kier molecular flexibility index (Phi) is 6.67. The summed E-state index contributed by atoms with van der Waals surface area (Å²) in [4.78, 5) is 11.3. The first-order valence-corrected chi connectivity index (χ1v) is 8.49. The van der Waals surface area contributed by atoms with Gasteiger partial charge in [-0.15, -0.1) is 0 Å². The van der Waals surface area contributed by atoms with E-state index in [0.29, 0.717) is 12.1 Å². The molecule has 0 bridgehead atoms. The summed E-state index contributed by atoms with van der Waals surface area (Å²) < 4.78 is 0. The van der Waals surface area contributed by atoms with Gasteiger partial charge in [0.15, 0.2) is 5.75 Å². The molecule has 2 aromatic rings. The molecule has 0 aliphatic carbocycles. The number of carbonyl (C=O) groups is 1. The van der Waals surface area contributed by atoms with Crippen LogP contribution in [-0.4, -0.2) is 22.7 Å². The lowest BCUT2D eigenvalue weighted by atomic mass is 10.00. The van der Waals surface area contributed by atoms with Crippen molar-refractivity contribution in [3.8, 4) is 5.75 Å². The van der Waals surface area contributed by atoms with E-state index in [1.807, 2.05) is 30.3 Å². The summed E-state index contributed by atoms with van der Waals surface area (Å²) >= 11 is 0. The number of hydrogen-bond donors (Lipinski definition) is 3. The highest BCUT2D eigenvalue weighted by Crippen LogP contribution is 2.33. The Bertz CT molecular complexity index is 668. The van der Waals surface area contributed by atoms with E-state index in [1.54, 1.807) is 6.07 Å². The number of rotatable bonds is 9. The predicted octanol–water partition coefficient (Wildman–Crippen LogP) is 4.67. The fourth-order valence-corrected chi connectivity index (χ4v) is 2.73. The molecule has 4 nitrogen and oxygen atoms in total. The van der Waals surface area contributed by atoms with Crippen molar-refractivity contribution in [2.45, 2.75) is 39.0 Å². The fraction of sp³-hybridized carbons (Fsp3) is 0.350. The van der Waals surface area contributed by atoms with Crippen LogP contribution < -0.4 is 5.32 Å². The molecule has 0 amide bonds. The molecule has 0 saturated carbocycles. The van der Waals surface area contributed by atoms with Crippen LogP contribution in [0.25, 0.3) is 0 Å². The van der Waals surface area contributed by atoms with Crippen LogP contribution in [0.15, 0.2) is 42.5 Å². The van der Waals surface area contributed by atoms with Crippen molar-refractivity contribution < 1.29 is 15.0 Å². The number of unbranched alkanes of at least 4 members (excludes halogenated alkanes) is 3. The van der Waals surface area contributed by atoms with Crippen LogP contribution in [-0.2, 0) is 6.42 Å². The number of aromatic carboxylic acids is 1. The number of phenols is 1. The van der Waals surface area contributed by atoms with Crippen molar-refractivity contribution >= 4 is 11.7 Å². The standard InChI is InChI=1S/C20H25NO3/c1-2-3-4-8-13-21-18-16(14-15-9-6-5-7-10-15)11-12-17(19(18)22)20(23)24/h5-7,9-12,21-22H,2-4,8,13-14H2,1H3,(H,23,24). The van der Waals surface area contributed by atoms with E-state index >= 15 is 0 Å². The van der Waals surface area contributed by atoms with E-state index in [9.17, 15) is 15.0 Å². The SMILES string of the molecule is CCCCCCNc1c(Cc2ccccc2)ccc(C(=O)O)c1O. The van der Waals surface area contributed by atoms with Crippen molar-refractivity contribution in [1.29, 1.82) is 0 Å². The van der Waals surface area contributed by atoms with Gasteiger partial charge in [-0.05, 0) is 30.0 Å². The van der Waals surface area contributed by atoms with Gasteiger partial charge in [0, 0.05) is 6.54 Å². The van der Waals surface area contributed by atoms with Crippen LogP contribution in [0.5, 0.6) is 5.75 Å². The van der Waals surface area contributed by atoms with E-state index in [-0.39, 0.29) is 11.3 Å². The third-order valence-corrected chi connectivity index (χ3v) is 4.06. The minimum atomic E-state index is -1.12. The summed E-state index contributed by atoms with van der Waals surface area (Å²) in [7, 11) is 0. The zero-order chi connectivity index (χ0) is 17.4. The number of nitrogens with one attached hydrogen (secondary N) is 1. The number of carboxylic acid groups (broad SMARTS) is 1. The van der Waals surface area contributed by atoms with Crippen molar-refractivity contribution in [3.05, 3.63) is 59.2 Å². The molecule has 2 rings (SSSR count). The predicted molar refractivity (Wildman–Crippen MR) is 96.9 cm³/mol. The van der Waals surface area contributed by atoms with Gasteiger partial charge in [0.25, 0.3) is 0 Å². The second-order valence-corrected chi connectivity index (χ2v) is 5.95. The molecule has 128 valence electrons. The molecule has 24 heavy (non-hydrogen) atoms. The van der Waals surface area contributed by atoms with Crippen LogP contribution in [0.4, 0.5) is 5.69 Å². The largest absolute Gasteiger partial charge is 0.505 e. The van der Waals surface area contributed by atoms with Gasteiger partial charge in [0.2, 0.25) is 0 Å². The first kappa shape index (κ1) is 17.9. The van der Waals surface area contributed by atoms with Crippen molar-refractivity contribution in [3.63, 3.8) is 0 Å². The van der Waals surface area contributed by atoms with Gasteiger partial charge in [-0.2, -0.15) is 0 Å². The van der Waals surface area contributed by atoms with E-state index in [2.05, 4.69) is 12.2 Å². The normalized spacial score (nSPS) is 10.5. The summed E-state index contributed by atoms with van der Waals surface area (Å²) in [5.41, 5.74) is 2.49. The van der Waals surface area contributed by atoms with Crippen LogP contribution in [0.2, 0.25) is 0 Å². The third-order valence-electron chi connectivity index (χ3n) is 4.06. The average Bonchev–Trinajstić information content (AvgIpc) is 2.57. The topological polar surface area (TPSA) is 69.6 Å². The van der Waals surface area contributed by atoms with Crippen molar-refractivity contribution in [2.75, 3.05) is 11.9 Å². The van der Waals surface area contributed by atoms with Crippen LogP contribution >= 0.6 is 0 Å². The molecule has 0 fully saturated rings. The molecule has 0 heterocycles. The van der Waals surface area contributed by atoms with Gasteiger partial charge in [0.05, 0.1) is 5.69 Å². The molecule has 0 spiro atoms. The smallest absolute Gasteiger partial charge is 0.339 e. The Morgan fingerprint density at radius 1 is 1.04 bits per heavy atom. The van der Waals surface area contributed by atoms with Gasteiger partial charge >= 0.3 is 5.97 Å². The molecule has 4 heteroatoms. The van der Waals surface area contributed by atoms with E-state index in [4.69, 9.17) is 0 Å². The maximum absolute atomic E-state index is 11.3. The van der Waals surface area contributed by atoms with E-state index in [1.165, 1.54) is 18.9 Å². The molecule has 0 aliphatic rings. The number of aromatic hydroxyl groups is 1. The Morgan fingerprint density at radius 2 is 1.79 bits per heavy atom. The van der Waals surface area contributed by atoms with Crippen molar-refractivity contribution in [1.82, 2.24) is 0 Å². The highest BCUT2D eigenvalue weighted by molar-refractivity contribution is 5.93. The van der Waals surface area contributed by atoms with Gasteiger partial charge in [-0.25, -0.2) is 4.79 Å². The molecule has 0 aromatic heterocycles. The Morgan fingerprint density at radius 3 is 2.46 bits per heavy atom. The maximum atomic E-state index is 11.3. The van der Waals surface area contributed by atoms with Gasteiger partial charge in [-0.1, -0.05) is 62.6 Å². The molecule has 0 unspecified atom stereocenters. The highest BCUT2D eigenvalue weighted by Gasteiger charge is 2.17. The average molecular weight is 327 g/mol. The molecule has 0 radical (unpaired) electrons. The number of hydrogen-bond acceptors (Lipinski definition) is 3. The first-order valence-electron chi connectivity index (χ1n) is 8.49. The Hall–Kier alpha value is -2.49. The molecule has 0 aliphatic heterocycles. The Labute approximate surface area is 143 Å². The van der Waals surface area contributed by atoms with Crippen LogP contribution in [0, 0.1) is 0 Å². The lowest BCUT2D eigenvalue weighted by Gasteiger charge is -2.15. The molecule has 2 aromatic carbocycles. The second-order valence-electron chi connectivity index (χ2n) is 5.95. The molecule has 0 atom stereocenters. The zero-order valence-corrected chi connectivity index (χ0v) is 14.1. The monoisotopic (exact) mass is 327 g/mol. The first-order chi connectivity index (χ1) is 11.6. The molecule has 0 saturated heterocycles. The maximum Gasteiger partial charge on any atom is 0.339 e. The number of carboxylic acids is 1. The summed E-state index contributed by atoms with van der Waals surface area (Å²) in [5, 5.41) is 22.8. The zero-order valence-electron chi connectivity index (χ0n) is 14.1. The second kappa shape index (κ2) is 8.96. The molecular formula is C20H25NO3. The fourth-order valence-electron chi connectivity index (χ4n) is 2.73. The minimum absolute atomic E-state index is 0.0668. The minimum Gasteiger partial charge on any atom is -0.505 e. The van der Waals surface area contributed by atoms with E-state index < -0.39 is 5.97 Å². The number of benzene rings is 2. The van der Waals surface area contributed by atoms with Gasteiger partial charge in [-0.3, -0.25) is 0 Å². The molecule has 3 N–H and O–H groups in total. The van der Waals surface area contributed by atoms with Crippen molar-refractivity contribution in [2.24, 2.45) is 0 Å². The Balaban J connectivity index is 2.21. The lowest BCUT2D eigenvalue weighted by molar-refractivity contribution is 0.0694. The summed E-state index contributed by atoms with van der Waals surface area (Å²) in [6.45, 7) is 2.88. The summed E-state index contributed by atoms with van der Waals surface area (Å²) in [6.07, 6.45) is 5.11. The quantitative estimate of drug-likeness (QED) is 0.462. The van der Waals surface area contributed by atoms with E-state index in [0.717, 1.165) is 30.5 Å². The summed E-state index contributed by atoms with van der Waals surface area (Å²) in [5.74, 6) is -1.29. The lowest BCUT2D eigenvalue weighted by Crippen LogP contribution is -2.08. The van der Waals surface area contributed by atoms with Crippen LogP contribution in [0.1, 0.15) is 54.1 Å².